The molecule has 0 aromatic heterocycles. The third-order valence-electron chi connectivity index (χ3n) is 3.28. The van der Waals surface area contributed by atoms with Gasteiger partial charge < -0.3 is 14.6 Å². The minimum Gasteiger partial charge on any atom is -0.497 e. The lowest BCUT2D eigenvalue weighted by Gasteiger charge is -2.01. The largest absolute Gasteiger partial charge is 0.497 e. The van der Waals surface area contributed by atoms with Gasteiger partial charge in [0.1, 0.15) is 11.5 Å². The van der Waals surface area contributed by atoms with E-state index in [1.807, 2.05) is 48.5 Å². The standard InChI is InChI=1S/C21H20O3/c1-23-20-13-5-9-17(15-20)7-3-11-19(22)12-4-8-18-10-6-14-21(16-18)24-2/h5-6,9-10,13-16,19,22H,11-12H2,1-2H3. The van der Waals surface area contributed by atoms with Gasteiger partial charge in [0.25, 0.3) is 0 Å². The predicted molar refractivity (Wildman–Crippen MR) is 95.0 cm³/mol. The summed E-state index contributed by atoms with van der Waals surface area (Å²) >= 11 is 0. The van der Waals surface area contributed by atoms with Crippen molar-refractivity contribution in [3.8, 4) is 35.2 Å². The number of aliphatic hydroxyl groups is 1. The van der Waals surface area contributed by atoms with Crippen LogP contribution in [0.25, 0.3) is 0 Å². The molecule has 0 amide bonds. The van der Waals surface area contributed by atoms with Crippen molar-refractivity contribution in [3.05, 3.63) is 59.7 Å². The van der Waals surface area contributed by atoms with E-state index in [9.17, 15) is 5.11 Å². The van der Waals surface area contributed by atoms with E-state index in [1.165, 1.54) is 0 Å². The van der Waals surface area contributed by atoms with E-state index in [1.54, 1.807) is 14.2 Å². The molecule has 122 valence electrons. The van der Waals surface area contributed by atoms with Crippen LogP contribution in [0.1, 0.15) is 24.0 Å². The van der Waals surface area contributed by atoms with Crippen LogP contribution in [0, 0.1) is 23.7 Å². The Balaban J connectivity index is 1.87. The Morgan fingerprint density at radius 2 is 1.29 bits per heavy atom. The van der Waals surface area contributed by atoms with E-state index >= 15 is 0 Å². The van der Waals surface area contributed by atoms with Crippen LogP contribution in [0.15, 0.2) is 48.5 Å². The SMILES string of the molecule is COc1cccc(C#CCC(O)CC#Cc2cccc(OC)c2)c1. The van der Waals surface area contributed by atoms with Gasteiger partial charge in [-0.1, -0.05) is 35.8 Å². The highest BCUT2D eigenvalue weighted by Crippen LogP contribution is 2.12. The van der Waals surface area contributed by atoms with Crippen molar-refractivity contribution in [1.29, 1.82) is 0 Å². The van der Waals surface area contributed by atoms with Crippen LogP contribution >= 0.6 is 0 Å². The number of rotatable bonds is 4. The second kappa shape index (κ2) is 9.30. The molecule has 0 saturated heterocycles. The molecular weight excluding hydrogens is 300 g/mol. The first kappa shape index (κ1) is 17.5. The summed E-state index contributed by atoms with van der Waals surface area (Å²) < 4.78 is 10.3. The second-order valence-electron chi connectivity index (χ2n) is 5.13. The van der Waals surface area contributed by atoms with Gasteiger partial charge in [0, 0.05) is 24.0 Å². The summed E-state index contributed by atoms with van der Waals surface area (Å²) in [5.41, 5.74) is 1.73. The van der Waals surface area contributed by atoms with E-state index in [0.717, 1.165) is 22.6 Å². The van der Waals surface area contributed by atoms with Crippen LogP contribution in [0.2, 0.25) is 0 Å². The number of hydrogen-bond donors (Lipinski definition) is 1. The molecule has 0 radical (unpaired) electrons. The Bertz CT molecular complexity index is 720. The molecule has 0 aliphatic carbocycles. The molecule has 2 rings (SSSR count). The second-order valence-corrected chi connectivity index (χ2v) is 5.13. The van der Waals surface area contributed by atoms with Crippen molar-refractivity contribution in [3.63, 3.8) is 0 Å². The number of hydrogen-bond acceptors (Lipinski definition) is 3. The van der Waals surface area contributed by atoms with Gasteiger partial charge >= 0.3 is 0 Å². The monoisotopic (exact) mass is 320 g/mol. The predicted octanol–water partition coefficient (Wildman–Crippen LogP) is 3.25. The first-order valence-electron chi connectivity index (χ1n) is 7.65. The maximum atomic E-state index is 9.95. The zero-order valence-electron chi connectivity index (χ0n) is 13.9. The number of aliphatic hydroxyl groups excluding tert-OH is 1. The van der Waals surface area contributed by atoms with E-state index in [2.05, 4.69) is 23.7 Å². The Labute approximate surface area is 143 Å². The van der Waals surface area contributed by atoms with Crippen molar-refractivity contribution in [1.82, 2.24) is 0 Å². The highest BCUT2D eigenvalue weighted by molar-refractivity contribution is 5.40. The fraction of sp³-hybridized carbons (Fsp3) is 0.238. The van der Waals surface area contributed by atoms with E-state index in [-0.39, 0.29) is 0 Å². The van der Waals surface area contributed by atoms with Gasteiger partial charge in [0.2, 0.25) is 0 Å². The molecule has 0 fully saturated rings. The van der Waals surface area contributed by atoms with Crippen molar-refractivity contribution < 1.29 is 14.6 Å². The molecule has 0 bridgehead atoms. The van der Waals surface area contributed by atoms with Crippen LogP contribution in [0.5, 0.6) is 11.5 Å². The van der Waals surface area contributed by atoms with Gasteiger partial charge in [-0.15, -0.1) is 0 Å². The summed E-state index contributed by atoms with van der Waals surface area (Å²) in [5, 5.41) is 9.95. The number of methoxy groups -OCH3 is 2. The van der Waals surface area contributed by atoms with E-state index in [4.69, 9.17) is 9.47 Å². The lowest BCUT2D eigenvalue weighted by atomic mass is 10.1. The third-order valence-corrected chi connectivity index (χ3v) is 3.28. The Morgan fingerprint density at radius 3 is 1.71 bits per heavy atom. The molecule has 2 aromatic rings. The average molecular weight is 320 g/mol. The maximum Gasteiger partial charge on any atom is 0.120 e. The molecule has 0 spiro atoms. The van der Waals surface area contributed by atoms with Crippen LogP contribution in [-0.4, -0.2) is 25.4 Å². The minimum absolute atomic E-state index is 0.379. The molecule has 0 atom stereocenters. The van der Waals surface area contributed by atoms with Crippen molar-refractivity contribution in [2.24, 2.45) is 0 Å². The number of ether oxygens (including phenoxy) is 2. The first-order valence-corrected chi connectivity index (χ1v) is 7.65. The van der Waals surface area contributed by atoms with Crippen LogP contribution in [0.4, 0.5) is 0 Å². The van der Waals surface area contributed by atoms with Gasteiger partial charge in [-0.05, 0) is 36.4 Å². The lowest BCUT2D eigenvalue weighted by Crippen LogP contribution is -2.03. The Morgan fingerprint density at radius 1 is 0.833 bits per heavy atom. The van der Waals surface area contributed by atoms with Crippen molar-refractivity contribution >= 4 is 0 Å². The molecule has 1 N–H and O–H groups in total. The first-order chi connectivity index (χ1) is 11.7. The summed E-state index contributed by atoms with van der Waals surface area (Å²) in [4.78, 5) is 0. The summed E-state index contributed by atoms with van der Waals surface area (Å²) in [7, 11) is 3.24. The molecular formula is C21H20O3. The van der Waals surface area contributed by atoms with E-state index in [0.29, 0.717) is 12.8 Å². The normalized spacial score (nSPS) is 9.50. The molecule has 0 aliphatic rings. The zero-order valence-corrected chi connectivity index (χ0v) is 13.9. The fourth-order valence-electron chi connectivity index (χ4n) is 2.02. The molecule has 0 unspecified atom stereocenters. The number of benzene rings is 2. The van der Waals surface area contributed by atoms with Gasteiger partial charge in [0.15, 0.2) is 0 Å². The molecule has 0 aliphatic heterocycles. The fourth-order valence-corrected chi connectivity index (χ4v) is 2.02. The molecule has 24 heavy (non-hydrogen) atoms. The highest BCUT2D eigenvalue weighted by Gasteiger charge is 1.99. The average Bonchev–Trinajstić information content (AvgIpc) is 2.62. The smallest absolute Gasteiger partial charge is 0.120 e. The minimum atomic E-state index is -0.568. The quantitative estimate of drug-likeness (QED) is 0.879. The van der Waals surface area contributed by atoms with Gasteiger partial charge in [-0.3, -0.25) is 0 Å². The molecule has 0 saturated carbocycles. The Kier molecular flexibility index (Phi) is 6.77. The summed E-state index contributed by atoms with van der Waals surface area (Å²) in [6.07, 6.45) is 0.190. The molecule has 2 aromatic carbocycles. The molecule has 3 heteroatoms. The van der Waals surface area contributed by atoms with Crippen molar-refractivity contribution in [2.75, 3.05) is 14.2 Å². The summed E-state index contributed by atoms with van der Waals surface area (Å²) in [6.45, 7) is 0. The zero-order chi connectivity index (χ0) is 17.2. The Hall–Kier alpha value is -2.88. The maximum absolute atomic E-state index is 9.95. The highest BCUT2D eigenvalue weighted by atomic mass is 16.5. The molecule has 0 heterocycles. The van der Waals surface area contributed by atoms with Gasteiger partial charge in [-0.25, -0.2) is 0 Å². The summed E-state index contributed by atoms with van der Waals surface area (Å²) in [6, 6.07) is 15.1. The van der Waals surface area contributed by atoms with Crippen LogP contribution in [0.3, 0.4) is 0 Å². The van der Waals surface area contributed by atoms with Crippen LogP contribution in [-0.2, 0) is 0 Å². The lowest BCUT2D eigenvalue weighted by molar-refractivity contribution is 0.186. The third kappa shape index (κ3) is 5.72. The molecule has 3 nitrogen and oxygen atoms in total. The summed E-state index contributed by atoms with van der Waals surface area (Å²) in [5.74, 6) is 13.5. The van der Waals surface area contributed by atoms with Crippen LogP contribution < -0.4 is 9.47 Å². The topological polar surface area (TPSA) is 38.7 Å². The van der Waals surface area contributed by atoms with Gasteiger partial charge in [-0.2, -0.15) is 0 Å². The van der Waals surface area contributed by atoms with E-state index < -0.39 is 6.10 Å². The van der Waals surface area contributed by atoms with Gasteiger partial charge in [0.05, 0.1) is 20.3 Å². The van der Waals surface area contributed by atoms with Crippen molar-refractivity contribution in [2.45, 2.75) is 18.9 Å².